The van der Waals surface area contributed by atoms with Crippen LogP contribution in [0.2, 0.25) is 0 Å². The first-order valence-corrected chi connectivity index (χ1v) is 6.68. The van der Waals surface area contributed by atoms with Crippen LogP contribution in [-0.4, -0.2) is 17.0 Å². The standard InChI is InChI=1S/C16H14N2O5/c1-11-15(17(19)20)10-7-13(16(11)18(21)22)6-3-12-4-8-14(23-2)9-5-12/h3-10H,1-2H3/b6-3+. The van der Waals surface area contributed by atoms with Gasteiger partial charge in [0.15, 0.2) is 0 Å². The molecule has 2 aromatic rings. The van der Waals surface area contributed by atoms with E-state index in [2.05, 4.69) is 0 Å². The largest absolute Gasteiger partial charge is 0.497 e. The predicted octanol–water partition coefficient (Wildman–Crippen LogP) is 3.99. The van der Waals surface area contributed by atoms with Crippen molar-refractivity contribution in [1.82, 2.24) is 0 Å². The highest BCUT2D eigenvalue weighted by Gasteiger charge is 2.24. The first-order chi connectivity index (χ1) is 10.9. The van der Waals surface area contributed by atoms with E-state index in [0.717, 1.165) is 5.56 Å². The van der Waals surface area contributed by atoms with Crippen LogP contribution in [0.4, 0.5) is 11.4 Å². The maximum Gasteiger partial charge on any atom is 0.286 e. The van der Waals surface area contributed by atoms with Crippen molar-refractivity contribution in [3.05, 3.63) is 73.3 Å². The number of rotatable bonds is 5. The first kappa shape index (κ1) is 16.2. The van der Waals surface area contributed by atoms with Crippen molar-refractivity contribution in [2.24, 2.45) is 0 Å². The van der Waals surface area contributed by atoms with Gasteiger partial charge in [-0.05, 0) is 36.8 Å². The Morgan fingerprint density at radius 1 is 0.957 bits per heavy atom. The molecule has 0 saturated carbocycles. The van der Waals surface area contributed by atoms with Crippen molar-refractivity contribution >= 4 is 23.5 Å². The zero-order valence-electron chi connectivity index (χ0n) is 12.6. The van der Waals surface area contributed by atoms with Gasteiger partial charge in [0.25, 0.3) is 11.4 Å². The van der Waals surface area contributed by atoms with E-state index in [0.29, 0.717) is 11.3 Å². The van der Waals surface area contributed by atoms with E-state index in [1.165, 1.54) is 19.1 Å². The molecule has 0 aromatic heterocycles. The molecule has 0 heterocycles. The highest BCUT2D eigenvalue weighted by Crippen LogP contribution is 2.32. The number of nitro groups is 2. The van der Waals surface area contributed by atoms with Gasteiger partial charge in [0.05, 0.1) is 22.5 Å². The maximum atomic E-state index is 11.2. The van der Waals surface area contributed by atoms with Gasteiger partial charge in [0.2, 0.25) is 0 Å². The van der Waals surface area contributed by atoms with Gasteiger partial charge in [-0.15, -0.1) is 0 Å². The SMILES string of the molecule is COc1ccc(/C=C/c2ccc([N+](=O)[O-])c(C)c2[N+](=O)[O-])cc1. The molecule has 118 valence electrons. The minimum absolute atomic E-state index is 0.0388. The lowest BCUT2D eigenvalue weighted by atomic mass is 10.0. The zero-order chi connectivity index (χ0) is 17.0. The molecule has 2 aromatic carbocycles. The summed E-state index contributed by atoms with van der Waals surface area (Å²) in [6, 6.07) is 9.81. The molecule has 0 radical (unpaired) electrons. The van der Waals surface area contributed by atoms with Gasteiger partial charge in [0, 0.05) is 6.07 Å². The number of ether oxygens (including phenoxy) is 1. The van der Waals surface area contributed by atoms with E-state index in [1.807, 2.05) is 0 Å². The average molecular weight is 314 g/mol. The molecule has 0 amide bonds. The fraction of sp³-hybridized carbons (Fsp3) is 0.125. The fourth-order valence-electron chi connectivity index (χ4n) is 2.19. The van der Waals surface area contributed by atoms with Gasteiger partial charge in [0.1, 0.15) is 11.3 Å². The van der Waals surface area contributed by atoms with Crippen LogP contribution in [0.5, 0.6) is 5.75 Å². The second-order valence-electron chi connectivity index (χ2n) is 4.77. The van der Waals surface area contributed by atoms with Crippen molar-refractivity contribution in [2.45, 2.75) is 6.92 Å². The smallest absolute Gasteiger partial charge is 0.286 e. The summed E-state index contributed by atoms with van der Waals surface area (Å²) >= 11 is 0. The summed E-state index contributed by atoms with van der Waals surface area (Å²) in [5.41, 5.74) is 0.657. The third-order valence-corrected chi connectivity index (χ3v) is 3.38. The molecule has 0 bridgehead atoms. The Morgan fingerprint density at radius 3 is 2.13 bits per heavy atom. The molecule has 7 nitrogen and oxygen atoms in total. The molecular formula is C16H14N2O5. The van der Waals surface area contributed by atoms with Gasteiger partial charge < -0.3 is 4.74 Å². The van der Waals surface area contributed by atoms with E-state index >= 15 is 0 Å². The lowest BCUT2D eigenvalue weighted by Gasteiger charge is -2.03. The molecule has 0 N–H and O–H groups in total. The summed E-state index contributed by atoms with van der Waals surface area (Å²) in [5.74, 6) is 0.708. The van der Waals surface area contributed by atoms with E-state index in [4.69, 9.17) is 4.74 Å². The lowest BCUT2D eigenvalue weighted by molar-refractivity contribution is -0.395. The Balaban J connectivity index is 2.42. The molecule has 0 aliphatic rings. The van der Waals surface area contributed by atoms with Gasteiger partial charge in [-0.1, -0.05) is 18.2 Å². The highest BCUT2D eigenvalue weighted by atomic mass is 16.6. The summed E-state index contributed by atoms with van der Waals surface area (Å²) in [4.78, 5) is 20.9. The van der Waals surface area contributed by atoms with E-state index < -0.39 is 9.85 Å². The molecule has 23 heavy (non-hydrogen) atoms. The van der Waals surface area contributed by atoms with Crippen molar-refractivity contribution in [2.75, 3.05) is 7.11 Å². The predicted molar refractivity (Wildman–Crippen MR) is 86.4 cm³/mol. The van der Waals surface area contributed by atoms with Crippen LogP contribution in [0.25, 0.3) is 12.2 Å². The Hall–Kier alpha value is -3.22. The number of benzene rings is 2. The van der Waals surface area contributed by atoms with Gasteiger partial charge >= 0.3 is 0 Å². The van der Waals surface area contributed by atoms with Gasteiger partial charge in [-0.3, -0.25) is 20.2 Å². The number of methoxy groups -OCH3 is 1. The Kier molecular flexibility index (Phi) is 4.70. The van der Waals surface area contributed by atoms with Crippen LogP contribution in [0.15, 0.2) is 36.4 Å². The molecular weight excluding hydrogens is 300 g/mol. The molecule has 0 aliphatic heterocycles. The third kappa shape index (κ3) is 3.52. The molecule has 0 spiro atoms. The summed E-state index contributed by atoms with van der Waals surface area (Å²) in [7, 11) is 1.56. The second kappa shape index (κ2) is 6.69. The van der Waals surface area contributed by atoms with Crippen molar-refractivity contribution in [3.8, 4) is 5.75 Å². The summed E-state index contributed by atoms with van der Waals surface area (Å²) in [6.07, 6.45) is 3.27. The third-order valence-electron chi connectivity index (χ3n) is 3.38. The van der Waals surface area contributed by atoms with Crippen LogP contribution in [0.1, 0.15) is 16.7 Å². The molecule has 0 aliphatic carbocycles. The summed E-state index contributed by atoms with van der Waals surface area (Å²) in [6.45, 7) is 1.38. The Labute approximate surface area is 132 Å². The number of nitro benzene ring substituents is 2. The number of hydrogen-bond donors (Lipinski definition) is 0. The minimum Gasteiger partial charge on any atom is -0.497 e. The average Bonchev–Trinajstić information content (AvgIpc) is 2.52. The van der Waals surface area contributed by atoms with Crippen LogP contribution < -0.4 is 4.74 Å². The summed E-state index contributed by atoms with van der Waals surface area (Å²) < 4.78 is 5.06. The quantitative estimate of drug-likeness (QED) is 0.472. The normalized spacial score (nSPS) is 10.7. The van der Waals surface area contributed by atoms with Crippen molar-refractivity contribution in [3.63, 3.8) is 0 Å². The van der Waals surface area contributed by atoms with Gasteiger partial charge in [-0.25, -0.2) is 0 Å². The molecule has 0 unspecified atom stereocenters. The highest BCUT2D eigenvalue weighted by molar-refractivity contribution is 5.77. The van der Waals surface area contributed by atoms with Crippen molar-refractivity contribution in [1.29, 1.82) is 0 Å². The van der Waals surface area contributed by atoms with Crippen molar-refractivity contribution < 1.29 is 14.6 Å². The second-order valence-corrected chi connectivity index (χ2v) is 4.77. The number of hydrogen-bond acceptors (Lipinski definition) is 5. The lowest BCUT2D eigenvalue weighted by Crippen LogP contribution is -1.99. The molecule has 0 fully saturated rings. The Morgan fingerprint density at radius 2 is 1.61 bits per heavy atom. The zero-order valence-corrected chi connectivity index (χ0v) is 12.6. The topological polar surface area (TPSA) is 95.5 Å². The maximum absolute atomic E-state index is 11.2. The first-order valence-electron chi connectivity index (χ1n) is 6.68. The molecule has 0 atom stereocenters. The summed E-state index contributed by atoms with van der Waals surface area (Å²) in [5, 5.41) is 22.1. The Bertz CT molecular complexity index is 782. The van der Waals surface area contributed by atoms with Crippen LogP contribution >= 0.6 is 0 Å². The van der Waals surface area contributed by atoms with Crippen LogP contribution in [0.3, 0.4) is 0 Å². The molecule has 7 heteroatoms. The fourth-order valence-corrected chi connectivity index (χ4v) is 2.19. The monoisotopic (exact) mass is 314 g/mol. The molecule has 0 saturated heterocycles. The van der Waals surface area contributed by atoms with E-state index in [9.17, 15) is 20.2 Å². The van der Waals surface area contributed by atoms with Crippen LogP contribution in [-0.2, 0) is 0 Å². The number of nitrogens with zero attached hydrogens (tertiary/aromatic N) is 2. The molecule has 2 rings (SSSR count). The van der Waals surface area contributed by atoms with E-state index in [1.54, 1.807) is 43.5 Å². The minimum atomic E-state index is -0.626. The van der Waals surface area contributed by atoms with Crippen LogP contribution in [0, 0.1) is 27.2 Å². The van der Waals surface area contributed by atoms with Gasteiger partial charge in [-0.2, -0.15) is 0 Å². The van der Waals surface area contributed by atoms with E-state index in [-0.39, 0.29) is 16.9 Å².